The van der Waals surface area contributed by atoms with Gasteiger partial charge in [0, 0.05) is 19.8 Å². The molecule has 1 atom stereocenters. The molecule has 0 bridgehead atoms. The lowest BCUT2D eigenvalue weighted by Crippen LogP contribution is -2.40. The summed E-state index contributed by atoms with van der Waals surface area (Å²) in [5.74, 6) is 0.0297. The molecular weight excluding hydrogens is 274 g/mol. The van der Waals surface area contributed by atoms with Crippen molar-refractivity contribution < 1.29 is 9.59 Å². The first kappa shape index (κ1) is 16.5. The van der Waals surface area contributed by atoms with Gasteiger partial charge in [-0.3, -0.25) is 15.0 Å². The molecule has 0 heterocycles. The molecule has 0 aliphatic rings. The van der Waals surface area contributed by atoms with Gasteiger partial charge in [-0.25, -0.2) is 5.01 Å². The van der Waals surface area contributed by atoms with Gasteiger partial charge in [0.1, 0.15) is 0 Å². The normalized spacial score (nSPS) is 12.1. The maximum absolute atomic E-state index is 11.8. The van der Waals surface area contributed by atoms with Crippen molar-refractivity contribution in [3.8, 4) is 0 Å². The van der Waals surface area contributed by atoms with E-state index in [1.165, 1.54) is 11.8 Å². The fourth-order valence-corrected chi connectivity index (χ4v) is 2.10. The molecular formula is C14H21N3O2S. The predicted octanol–water partition coefficient (Wildman–Crippen LogP) is 1.65. The second-order valence-corrected chi connectivity index (χ2v) is 6.07. The van der Waals surface area contributed by atoms with Gasteiger partial charge in [-0.2, -0.15) is 0 Å². The molecule has 0 saturated heterocycles. The van der Waals surface area contributed by atoms with E-state index in [9.17, 15) is 9.59 Å². The van der Waals surface area contributed by atoms with Crippen molar-refractivity contribution in [2.24, 2.45) is 0 Å². The topological polar surface area (TPSA) is 61.4 Å². The number of benzene rings is 1. The SMILES string of the molecule is Cc1ccc(NC(=O)CS[C@@H](C)C(=O)NN(C)C)cc1. The molecule has 0 fully saturated rings. The van der Waals surface area contributed by atoms with Crippen LogP contribution in [0.5, 0.6) is 0 Å². The van der Waals surface area contributed by atoms with E-state index in [2.05, 4.69) is 10.7 Å². The first-order valence-electron chi connectivity index (χ1n) is 6.34. The molecule has 1 aromatic carbocycles. The minimum absolute atomic E-state index is 0.108. The first-order chi connectivity index (χ1) is 9.38. The summed E-state index contributed by atoms with van der Waals surface area (Å²) in [6.45, 7) is 3.77. The number of hydrogen-bond donors (Lipinski definition) is 2. The summed E-state index contributed by atoms with van der Waals surface area (Å²) < 4.78 is 0. The Morgan fingerprint density at radius 1 is 1.25 bits per heavy atom. The van der Waals surface area contributed by atoms with E-state index in [4.69, 9.17) is 0 Å². The van der Waals surface area contributed by atoms with Gasteiger partial charge in [0.05, 0.1) is 11.0 Å². The van der Waals surface area contributed by atoms with Gasteiger partial charge in [-0.15, -0.1) is 11.8 Å². The fourth-order valence-electron chi connectivity index (χ4n) is 1.42. The highest BCUT2D eigenvalue weighted by atomic mass is 32.2. The lowest BCUT2D eigenvalue weighted by molar-refractivity contribution is -0.123. The van der Waals surface area contributed by atoms with E-state index in [1.807, 2.05) is 31.2 Å². The molecule has 1 aromatic rings. The third-order valence-corrected chi connectivity index (χ3v) is 3.65. The lowest BCUT2D eigenvalue weighted by atomic mass is 10.2. The third-order valence-electron chi connectivity index (χ3n) is 2.50. The maximum atomic E-state index is 11.8. The lowest BCUT2D eigenvalue weighted by Gasteiger charge is -2.16. The van der Waals surface area contributed by atoms with Crippen molar-refractivity contribution in [1.82, 2.24) is 10.4 Å². The number of carbonyl (C=O) groups excluding carboxylic acids is 2. The number of anilines is 1. The van der Waals surface area contributed by atoms with E-state index < -0.39 is 0 Å². The molecule has 20 heavy (non-hydrogen) atoms. The van der Waals surface area contributed by atoms with Crippen LogP contribution in [0.4, 0.5) is 5.69 Å². The van der Waals surface area contributed by atoms with Gasteiger partial charge >= 0.3 is 0 Å². The van der Waals surface area contributed by atoms with Crippen LogP contribution in [0.25, 0.3) is 0 Å². The molecule has 0 aromatic heterocycles. The number of amides is 2. The molecule has 110 valence electrons. The van der Waals surface area contributed by atoms with Gasteiger partial charge in [0.2, 0.25) is 11.8 Å². The van der Waals surface area contributed by atoms with Crippen LogP contribution in [0.3, 0.4) is 0 Å². The highest BCUT2D eigenvalue weighted by Crippen LogP contribution is 2.13. The van der Waals surface area contributed by atoms with E-state index in [-0.39, 0.29) is 22.8 Å². The minimum atomic E-state index is -0.277. The van der Waals surface area contributed by atoms with Crippen LogP contribution in [-0.2, 0) is 9.59 Å². The number of hydrazine groups is 1. The Bertz CT molecular complexity index is 460. The van der Waals surface area contributed by atoms with Gasteiger partial charge in [-0.05, 0) is 26.0 Å². The second kappa shape index (κ2) is 7.91. The van der Waals surface area contributed by atoms with Crippen molar-refractivity contribution in [3.05, 3.63) is 29.8 Å². The average molecular weight is 295 g/mol. The maximum Gasteiger partial charge on any atom is 0.247 e. The predicted molar refractivity (Wildman–Crippen MR) is 83.6 cm³/mol. The zero-order valence-corrected chi connectivity index (χ0v) is 13.1. The van der Waals surface area contributed by atoms with Crippen LogP contribution in [-0.4, -0.2) is 41.9 Å². The molecule has 0 spiro atoms. The van der Waals surface area contributed by atoms with Crippen LogP contribution >= 0.6 is 11.8 Å². The molecule has 1 rings (SSSR count). The van der Waals surface area contributed by atoms with Crippen LogP contribution in [0.1, 0.15) is 12.5 Å². The number of carbonyl (C=O) groups is 2. The first-order valence-corrected chi connectivity index (χ1v) is 7.39. The third kappa shape index (κ3) is 6.08. The molecule has 0 aliphatic heterocycles. The van der Waals surface area contributed by atoms with Gasteiger partial charge in [0.15, 0.2) is 0 Å². The highest BCUT2D eigenvalue weighted by molar-refractivity contribution is 8.01. The van der Waals surface area contributed by atoms with Crippen LogP contribution in [0.15, 0.2) is 24.3 Å². The summed E-state index contributed by atoms with van der Waals surface area (Å²) in [6, 6.07) is 7.60. The van der Waals surface area contributed by atoms with Crippen molar-refractivity contribution in [2.45, 2.75) is 19.1 Å². The van der Waals surface area contributed by atoms with Crippen molar-refractivity contribution in [2.75, 3.05) is 25.2 Å². The molecule has 2 amide bonds. The Morgan fingerprint density at radius 2 is 1.85 bits per heavy atom. The number of hydrogen-bond acceptors (Lipinski definition) is 4. The molecule has 0 radical (unpaired) electrons. The van der Waals surface area contributed by atoms with Crippen LogP contribution < -0.4 is 10.7 Å². The van der Waals surface area contributed by atoms with Gasteiger partial charge in [-0.1, -0.05) is 17.7 Å². The molecule has 2 N–H and O–H groups in total. The molecule has 0 unspecified atom stereocenters. The van der Waals surface area contributed by atoms with Crippen LogP contribution in [0.2, 0.25) is 0 Å². The Balaban J connectivity index is 2.36. The fraction of sp³-hybridized carbons (Fsp3) is 0.429. The summed E-state index contributed by atoms with van der Waals surface area (Å²) in [5.41, 5.74) is 4.58. The molecule has 0 saturated carbocycles. The monoisotopic (exact) mass is 295 g/mol. The smallest absolute Gasteiger partial charge is 0.247 e. The number of nitrogens with zero attached hydrogens (tertiary/aromatic N) is 1. The van der Waals surface area contributed by atoms with Crippen molar-refractivity contribution >= 4 is 29.3 Å². The van der Waals surface area contributed by atoms with E-state index >= 15 is 0 Å². The number of aryl methyl sites for hydroxylation is 1. The average Bonchev–Trinajstić information content (AvgIpc) is 2.38. The minimum Gasteiger partial charge on any atom is -0.325 e. The summed E-state index contributed by atoms with van der Waals surface area (Å²) in [5, 5.41) is 4.11. The Morgan fingerprint density at radius 3 is 2.40 bits per heavy atom. The number of rotatable bonds is 6. The van der Waals surface area contributed by atoms with Crippen molar-refractivity contribution in [3.63, 3.8) is 0 Å². The zero-order chi connectivity index (χ0) is 15.1. The Hall–Kier alpha value is -1.53. The van der Waals surface area contributed by atoms with Gasteiger partial charge < -0.3 is 5.32 Å². The Labute approximate surface area is 124 Å². The molecule has 6 heteroatoms. The van der Waals surface area contributed by atoms with Crippen molar-refractivity contribution in [1.29, 1.82) is 0 Å². The highest BCUT2D eigenvalue weighted by Gasteiger charge is 2.15. The number of nitrogens with one attached hydrogen (secondary N) is 2. The van der Waals surface area contributed by atoms with Gasteiger partial charge in [0.25, 0.3) is 0 Å². The standard InChI is InChI=1S/C14H21N3O2S/c1-10-5-7-12(8-6-10)15-13(18)9-20-11(2)14(19)16-17(3)4/h5-8,11H,9H2,1-4H3,(H,15,18)(H,16,19)/t11-/m0/s1. The largest absolute Gasteiger partial charge is 0.325 e. The summed E-state index contributed by atoms with van der Waals surface area (Å²) >= 11 is 1.31. The Kier molecular flexibility index (Phi) is 6.54. The summed E-state index contributed by atoms with van der Waals surface area (Å²) in [6.07, 6.45) is 0. The zero-order valence-electron chi connectivity index (χ0n) is 12.3. The quantitative estimate of drug-likeness (QED) is 0.783. The molecule has 5 nitrogen and oxygen atoms in total. The number of thioether (sulfide) groups is 1. The van der Waals surface area contributed by atoms with Crippen LogP contribution in [0, 0.1) is 6.92 Å². The summed E-state index contributed by atoms with van der Waals surface area (Å²) in [4.78, 5) is 23.4. The summed E-state index contributed by atoms with van der Waals surface area (Å²) in [7, 11) is 3.50. The van der Waals surface area contributed by atoms with E-state index in [1.54, 1.807) is 26.0 Å². The molecule has 0 aliphatic carbocycles. The van der Waals surface area contributed by atoms with E-state index in [0.29, 0.717) is 0 Å². The second-order valence-electron chi connectivity index (χ2n) is 4.74. The van der Waals surface area contributed by atoms with E-state index in [0.717, 1.165) is 11.3 Å².